The van der Waals surface area contributed by atoms with Gasteiger partial charge >= 0.3 is 0 Å². The number of carbonyl (C=O) groups is 2. The maximum Gasteiger partial charge on any atom is 0.243 e. The molecule has 0 saturated carbocycles. The van der Waals surface area contributed by atoms with Gasteiger partial charge in [0.15, 0.2) is 0 Å². The summed E-state index contributed by atoms with van der Waals surface area (Å²) in [5.74, 6) is 0.637. The molecule has 29 heavy (non-hydrogen) atoms. The van der Waals surface area contributed by atoms with Crippen LogP contribution in [0.2, 0.25) is 0 Å². The van der Waals surface area contributed by atoms with Crippen LogP contribution in [0.5, 0.6) is 5.75 Å². The van der Waals surface area contributed by atoms with Crippen LogP contribution >= 0.6 is 0 Å². The number of likely N-dealkylation sites (N-methyl/N-ethyl adjacent to an activating group) is 1. The zero-order valence-electron chi connectivity index (χ0n) is 16.4. The Bertz CT molecular complexity index is 969. The van der Waals surface area contributed by atoms with E-state index in [1.165, 1.54) is 11.2 Å². The molecule has 0 saturated heterocycles. The molecule has 0 unspecified atom stereocenters. The van der Waals surface area contributed by atoms with Crippen LogP contribution in [0.15, 0.2) is 65.3 Å². The van der Waals surface area contributed by atoms with E-state index in [1.807, 2.05) is 37.3 Å². The van der Waals surface area contributed by atoms with Crippen LogP contribution in [0.4, 0.5) is 5.69 Å². The van der Waals surface area contributed by atoms with Crippen molar-refractivity contribution in [3.05, 3.63) is 66.6 Å². The van der Waals surface area contributed by atoms with Gasteiger partial charge in [-0.2, -0.15) is 0 Å². The summed E-state index contributed by atoms with van der Waals surface area (Å²) in [6.45, 7) is 2.19. The Kier molecular flexibility index (Phi) is 6.63. The van der Waals surface area contributed by atoms with Crippen LogP contribution in [0.25, 0.3) is 11.5 Å². The molecule has 0 spiro atoms. The zero-order valence-corrected chi connectivity index (χ0v) is 16.4. The zero-order chi connectivity index (χ0) is 20.6. The minimum absolute atomic E-state index is 0.0457. The highest BCUT2D eigenvalue weighted by atomic mass is 16.5. The first kappa shape index (κ1) is 20.1. The van der Waals surface area contributed by atoms with E-state index in [0.717, 1.165) is 5.56 Å². The fourth-order valence-corrected chi connectivity index (χ4v) is 2.82. The van der Waals surface area contributed by atoms with Gasteiger partial charge in [-0.25, -0.2) is 4.98 Å². The van der Waals surface area contributed by atoms with E-state index in [4.69, 9.17) is 9.15 Å². The third-order valence-corrected chi connectivity index (χ3v) is 4.33. The molecule has 7 heteroatoms. The summed E-state index contributed by atoms with van der Waals surface area (Å²) >= 11 is 0. The standard InChI is InChI=1S/C22H23N3O4/c1-3-25(14-20(26)23-17-10-7-11-19(12-17)28-2)21(27)13-18-15-29-22(24-18)16-8-5-4-6-9-16/h4-12,15H,3,13-14H2,1-2H3,(H,23,26). The molecule has 0 aliphatic heterocycles. The predicted octanol–water partition coefficient (Wildman–Crippen LogP) is 3.38. The van der Waals surface area contributed by atoms with Gasteiger partial charge in [-0.3, -0.25) is 9.59 Å². The lowest BCUT2D eigenvalue weighted by molar-refractivity contribution is -0.133. The Labute approximate surface area is 169 Å². The van der Waals surface area contributed by atoms with Gasteiger partial charge < -0.3 is 19.4 Å². The van der Waals surface area contributed by atoms with E-state index >= 15 is 0 Å². The Balaban J connectivity index is 1.58. The van der Waals surface area contributed by atoms with E-state index in [0.29, 0.717) is 29.6 Å². The Morgan fingerprint density at radius 1 is 1.14 bits per heavy atom. The second-order valence-electron chi connectivity index (χ2n) is 6.37. The topological polar surface area (TPSA) is 84.7 Å². The number of nitrogens with one attached hydrogen (secondary N) is 1. The number of aromatic nitrogens is 1. The fraction of sp³-hybridized carbons (Fsp3) is 0.227. The number of amides is 2. The van der Waals surface area contributed by atoms with E-state index in [9.17, 15) is 9.59 Å². The second kappa shape index (κ2) is 9.54. The number of nitrogens with zero attached hydrogens (tertiary/aromatic N) is 2. The van der Waals surface area contributed by atoms with Crippen LogP contribution in [0.3, 0.4) is 0 Å². The number of benzene rings is 2. The third-order valence-electron chi connectivity index (χ3n) is 4.33. The summed E-state index contributed by atoms with van der Waals surface area (Å²) < 4.78 is 10.6. The summed E-state index contributed by atoms with van der Waals surface area (Å²) in [5.41, 5.74) is 1.98. The number of carbonyl (C=O) groups excluding carboxylic acids is 2. The van der Waals surface area contributed by atoms with Crippen molar-refractivity contribution in [2.75, 3.05) is 25.5 Å². The number of hydrogen-bond donors (Lipinski definition) is 1. The molecule has 0 radical (unpaired) electrons. The number of methoxy groups -OCH3 is 1. The molecule has 0 aliphatic carbocycles. The summed E-state index contributed by atoms with van der Waals surface area (Å²) in [4.78, 5) is 30.8. The van der Waals surface area contributed by atoms with Gasteiger partial charge in [0.25, 0.3) is 0 Å². The summed E-state index contributed by atoms with van der Waals surface area (Å²) in [7, 11) is 1.56. The summed E-state index contributed by atoms with van der Waals surface area (Å²) in [6.07, 6.45) is 1.54. The molecular weight excluding hydrogens is 370 g/mol. The SMILES string of the molecule is CCN(CC(=O)Nc1cccc(OC)c1)C(=O)Cc1coc(-c2ccccc2)n1. The van der Waals surface area contributed by atoms with Crippen molar-refractivity contribution >= 4 is 17.5 Å². The molecule has 150 valence electrons. The van der Waals surface area contributed by atoms with Crippen molar-refractivity contribution < 1.29 is 18.7 Å². The van der Waals surface area contributed by atoms with E-state index in [2.05, 4.69) is 10.3 Å². The van der Waals surface area contributed by atoms with Crippen LogP contribution in [0, 0.1) is 0 Å². The van der Waals surface area contributed by atoms with Crippen LogP contribution < -0.4 is 10.1 Å². The molecule has 0 atom stereocenters. The van der Waals surface area contributed by atoms with Gasteiger partial charge in [0.1, 0.15) is 12.0 Å². The minimum Gasteiger partial charge on any atom is -0.497 e. The first-order valence-corrected chi connectivity index (χ1v) is 9.30. The van der Waals surface area contributed by atoms with Crippen molar-refractivity contribution in [2.45, 2.75) is 13.3 Å². The normalized spacial score (nSPS) is 10.4. The maximum atomic E-state index is 12.6. The quantitative estimate of drug-likeness (QED) is 0.634. The lowest BCUT2D eigenvalue weighted by Crippen LogP contribution is -2.38. The van der Waals surface area contributed by atoms with Crippen LogP contribution in [0.1, 0.15) is 12.6 Å². The lowest BCUT2D eigenvalue weighted by Gasteiger charge is -2.20. The number of oxazole rings is 1. The van der Waals surface area contributed by atoms with Gasteiger partial charge in [0.2, 0.25) is 17.7 Å². The highest BCUT2D eigenvalue weighted by Crippen LogP contribution is 2.19. The van der Waals surface area contributed by atoms with E-state index in [1.54, 1.807) is 31.4 Å². The molecule has 2 aromatic carbocycles. The fourth-order valence-electron chi connectivity index (χ4n) is 2.82. The van der Waals surface area contributed by atoms with Gasteiger partial charge in [0.05, 0.1) is 25.8 Å². The molecule has 3 rings (SSSR count). The average Bonchev–Trinajstić information content (AvgIpc) is 3.21. The smallest absolute Gasteiger partial charge is 0.243 e. The minimum atomic E-state index is -0.279. The summed E-state index contributed by atoms with van der Waals surface area (Å²) in [6, 6.07) is 16.5. The van der Waals surface area contributed by atoms with Crippen molar-refractivity contribution in [2.24, 2.45) is 0 Å². The second-order valence-corrected chi connectivity index (χ2v) is 6.37. The molecule has 0 aliphatic rings. The Morgan fingerprint density at radius 3 is 2.66 bits per heavy atom. The van der Waals surface area contributed by atoms with Crippen molar-refractivity contribution in [3.8, 4) is 17.2 Å². The molecule has 7 nitrogen and oxygen atoms in total. The summed E-state index contributed by atoms with van der Waals surface area (Å²) in [5, 5.41) is 2.78. The molecule has 3 aromatic rings. The number of hydrogen-bond acceptors (Lipinski definition) is 5. The number of ether oxygens (including phenoxy) is 1. The van der Waals surface area contributed by atoms with Crippen molar-refractivity contribution in [3.63, 3.8) is 0 Å². The first-order chi connectivity index (χ1) is 14.1. The molecule has 1 aromatic heterocycles. The molecule has 1 heterocycles. The molecule has 1 N–H and O–H groups in total. The maximum absolute atomic E-state index is 12.6. The highest BCUT2D eigenvalue weighted by Gasteiger charge is 2.18. The monoisotopic (exact) mass is 393 g/mol. The Hall–Kier alpha value is -3.61. The van der Waals surface area contributed by atoms with Gasteiger partial charge in [-0.15, -0.1) is 0 Å². The number of rotatable bonds is 8. The van der Waals surface area contributed by atoms with Gasteiger partial charge in [-0.05, 0) is 31.2 Å². The molecule has 2 amide bonds. The average molecular weight is 393 g/mol. The lowest BCUT2D eigenvalue weighted by atomic mass is 10.2. The molecule has 0 bridgehead atoms. The Morgan fingerprint density at radius 2 is 1.93 bits per heavy atom. The van der Waals surface area contributed by atoms with Gasteiger partial charge in [0, 0.05) is 23.9 Å². The van der Waals surface area contributed by atoms with Gasteiger partial charge in [-0.1, -0.05) is 24.3 Å². The highest BCUT2D eigenvalue weighted by molar-refractivity contribution is 5.94. The number of anilines is 1. The van der Waals surface area contributed by atoms with Crippen molar-refractivity contribution in [1.82, 2.24) is 9.88 Å². The first-order valence-electron chi connectivity index (χ1n) is 9.30. The molecular formula is C22H23N3O4. The predicted molar refractivity (Wildman–Crippen MR) is 110 cm³/mol. The van der Waals surface area contributed by atoms with Crippen molar-refractivity contribution in [1.29, 1.82) is 0 Å². The van der Waals surface area contributed by atoms with E-state index < -0.39 is 0 Å². The molecule has 0 fully saturated rings. The van der Waals surface area contributed by atoms with E-state index in [-0.39, 0.29) is 24.8 Å². The third kappa shape index (κ3) is 5.44. The van der Waals surface area contributed by atoms with Crippen LogP contribution in [-0.2, 0) is 16.0 Å². The largest absolute Gasteiger partial charge is 0.497 e. The van der Waals surface area contributed by atoms with Crippen LogP contribution in [-0.4, -0.2) is 41.9 Å².